The molecule has 1 aromatic rings. The Morgan fingerprint density at radius 1 is 1.31 bits per heavy atom. The molecule has 1 aliphatic carbocycles. The van der Waals surface area contributed by atoms with Crippen molar-refractivity contribution in [1.82, 2.24) is 9.36 Å². The third kappa shape index (κ3) is 1.86. The highest BCUT2D eigenvalue weighted by atomic mass is 35.5. The molecule has 0 unspecified atom stereocenters. The molecule has 0 amide bonds. The van der Waals surface area contributed by atoms with Crippen molar-refractivity contribution in [1.29, 1.82) is 0 Å². The molecule has 0 bridgehead atoms. The monoisotopic (exact) mass is 216 g/mol. The summed E-state index contributed by atoms with van der Waals surface area (Å²) in [5.74, 6) is 0. The van der Waals surface area contributed by atoms with Gasteiger partial charge in [-0.3, -0.25) is 0 Å². The van der Waals surface area contributed by atoms with Crippen LogP contribution in [-0.4, -0.2) is 9.36 Å². The second kappa shape index (κ2) is 3.54. The maximum absolute atomic E-state index is 5.73. The minimum Gasteiger partial charge on any atom is -0.209 e. The zero-order chi connectivity index (χ0) is 9.31. The summed E-state index contributed by atoms with van der Waals surface area (Å²) in [5, 5.41) is 1.53. The first-order valence-electron chi connectivity index (χ1n) is 4.70. The number of rotatable bonds is 1. The molecule has 2 nitrogen and oxygen atoms in total. The Balaban J connectivity index is 2.22. The summed E-state index contributed by atoms with van der Waals surface area (Å²) in [6.07, 6.45) is 6.46. The zero-order valence-electron chi connectivity index (χ0n) is 7.72. The Kier molecular flexibility index (Phi) is 2.56. The lowest BCUT2D eigenvalue weighted by molar-refractivity contribution is 0.318. The predicted octanol–water partition coefficient (Wildman–Crippen LogP) is 3.41. The van der Waals surface area contributed by atoms with Crippen molar-refractivity contribution in [3.8, 4) is 0 Å². The zero-order valence-corrected chi connectivity index (χ0v) is 9.29. The van der Waals surface area contributed by atoms with E-state index < -0.39 is 0 Å². The number of halogens is 1. The highest BCUT2D eigenvalue weighted by molar-refractivity contribution is 7.05. The molecule has 0 atom stereocenters. The van der Waals surface area contributed by atoms with Gasteiger partial charge in [0.15, 0.2) is 0 Å². The van der Waals surface area contributed by atoms with Crippen LogP contribution in [0, 0.1) is 0 Å². The van der Waals surface area contributed by atoms with Gasteiger partial charge in [-0.25, -0.2) is 4.98 Å². The molecule has 1 fully saturated rings. The van der Waals surface area contributed by atoms with Crippen molar-refractivity contribution in [3.05, 3.63) is 10.3 Å². The lowest BCUT2D eigenvalue weighted by Crippen LogP contribution is -2.24. The summed E-state index contributed by atoms with van der Waals surface area (Å²) in [5.41, 5.74) is 0.253. The molecule has 0 saturated heterocycles. The van der Waals surface area contributed by atoms with E-state index in [1.165, 1.54) is 43.6 Å². The van der Waals surface area contributed by atoms with Gasteiger partial charge in [-0.1, -0.05) is 26.2 Å². The average molecular weight is 217 g/mol. The largest absolute Gasteiger partial charge is 0.234 e. The van der Waals surface area contributed by atoms with Crippen LogP contribution in [0.5, 0.6) is 0 Å². The average Bonchev–Trinajstić information content (AvgIpc) is 2.54. The fourth-order valence-electron chi connectivity index (χ4n) is 2.00. The summed E-state index contributed by atoms with van der Waals surface area (Å²) in [4.78, 5) is 4.28. The van der Waals surface area contributed by atoms with E-state index in [0.29, 0.717) is 5.28 Å². The van der Waals surface area contributed by atoms with Gasteiger partial charge in [-0.2, -0.15) is 4.37 Å². The molecule has 0 radical (unpaired) electrons. The second-order valence-corrected chi connectivity index (χ2v) is 5.08. The quantitative estimate of drug-likeness (QED) is 0.719. The molecule has 13 heavy (non-hydrogen) atoms. The summed E-state index contributed by atoms with van der Waals surface area (Å²) in [6, 6.07) is 0. The number of hydrogen-bond donors (Lipinski definition) is 0. The normalized spacial score (nSPS) is 21.7. The molecule has 1 aromatic heterocycles. The van der Waals surface area contributed by atoms with E-state index in [9.17, 15) is 0 Å². The molecule has 0 N–H and O–H groups in total. The summed E-state index contributed by atoms with van der Waals surface area (Å²) < 4.78 is 4.03. The third-order valence-corrected chi connectivity index (χ3v) is 4.17. The fraction of sp³-hybridized carbons (Fsp3) is 0.778. The van der Waals surface area contributed by atoms with Crippen LogP contribution in [-0.2, 0) is 5.41 Å². The van der Waals surface area contributed by atoms with Crippen LogP contribution >= 0.6 is 23.1 Å². The molecule has 2 rings (SSSR count). The minimum atomic E-state index is 0.253. The van der Waals surface area contributed by atoms with E-state index >= 15 is 0 Å². The highest BCUT2D eigenvalue weighted by Gasteiger charge is 2.32. The molecule has 0 aliphatic heterocycles. The lowest BCUT2D eigenvalue weighted by Gasteiger charge is -2.30. The SMILES string of the molecule is CC1(c2nc(Cl)ns2)CCCCC1. The van der Waals surface area contributed by atoms with Gasteiger partial charge >= 0.3 is 0 Å². The van der Waals surface area contributed by atoms with Crippen LogP contribution in [0.15, 0.2) is 0 Å². The van der Waals surface area contributed by atoms with Gasteiger partial charge < -0.3 is 0 Å². The van der Waals surface area contributed by atoms with Gasteiger partial charge in [0.25, 0.3) is 0 Å². The maximum atomic E-state index is 5.73. The Morgan fingerprint density at radius 3 is 2.54 bits per heavy atom. The van der Waals surface area contributed by atoms with Gasteiger partial charge in [-0.15, -0.1) is 0 Å². The molecule has 1 aliphatic rings. The lowest BCUT2D eigenvalue weighted by atomic mass is 9.76. The van der Waals surface area contributed by atoms with Crippen molar-refractivity contribution >= 4 is 23.1 Å². The molecule has 72 valence electrons. The van der Waals surface area contributed by atoms with Crippen molar-refractivity contribution in [3.63, 3.8) is 0 Å². The van der Waals surface area contributed by atoms with Crippen LogP contribution in [0.25, 0.3) is 0 Å². The topological polar surface area (TPSA) is 25.8 Å². The van der Waals surface area contributed by atoms with Crippen LogP contribution in [0.1, 0.15) is 44.0 Å². The summed E-state index contributed by atoms with van der Waals surface area (Å²) in [6.45, 7) is 2.28. The second-order valence-electron chi connectivity index (χ2n) is 3.99. The van der Waals surface area contributed by atoms with E-state index in [-0.39, 0.29) is 5.41 Å². The van der Waals surface area contributed by atoms with Gasteiger partial charge in [0, 0.05) is 5.41 Å². The van der Waals surface area contributed by atoms with Gasteiger partial charge in [0.1, 0.15) is 5.01 Å². The van der Waals surface area contributed by atoms with E-state index in [2.05, 4.69) is 16.3 Å². The molecule has 0 aromatic carbocycles. The fourth-order valence-corrected chi connectivity index (χ4v) is 2.99. The molecule has 1 heterocycles. The van der Waals surface area contributed by atoms with Gasteiger partial charge in [-0.05, 0) is 36.0 Å². The predicted molar refractivity (Wildman–Crippen MR) is 55.4 cm³/mol. The number of aromatic nitrogens is 2. The van der Waals surface area contributed by atoms with Crippen LogP contribution < -0.4 is 0 Å². The standard InChI is InChI=1S/C9H13ClN2S/c1-9(5-3-2-4-6-9)7-11-8(10)12-13-7/h2-6H2,1H3. The summed E-state index contributed by atoms with van der Waals surface area (Å²) in [7, 11) is 0. The first kappa shape index (κ1) is 9.41. The van der Waals surface area contributed by atoms with Crippen LogP contribution in [0.4, 0.5) is 0 Å². The van der Waals surface area contributed by atoms with Gasteiger partial charge in [0.05, 0.1) is 0 Å². The third-order valence-electron chi connectivity index (χ3n) is 2.87. The Labute approximate surface area is 87.5 Å². The minimum absolute atomic E-state index is 0.253. The highest BCUT2D eigenvalue weighted by Crippen LogP contribution is 2.39. The van der Waals surface area contributed by atoms with Crippen molar-refractivity contribution in [2.45, 2.75) is 44.4 Å². The smallest absolute Gasteiger partial charge is 0.209 e. The molecule has 0 spiro atoms. The molecule has 4 heteroatoms. The number of nitrogens with zero attached hydrogens (tertiary/aromatic N) is 2. The number of hydrogen-bond acceptors (Lipinski definition) is 3. The Bertz CT molecular complexity index is 292. The first-order valence-corrected chi connectivity index (χ1v) is 5.85. The molecular formula is C9H13ClN2S. The van der Waals surface area contributed by atoms with E-state index in [0.717, 1.165) is 5.01 Å². The molecular weight excluding hydrogens is 204 g/mol. The Morgan fingerprint density at radius 2 is 2.00 bits per heavy atom. The van der Waals surface area contributed by atoms with Crippen molar-refractivity contribution in [2.75, 3.05) is 0 Å². The first-order chi connectivity index (χ1) is 6.21. The molecule has 1 saturated carbocycles. The van der Waals surface area contributed by atoms with Crippen molar-refractivity contribution in [2.24, 2.45) is 0 Å². The Hall–Kier alpha value is -0.150. The van der Waals surface area contributed by atoms with E-state index in [4.69, 9.17) is 11.6 Å². The summed E-state index contributed by atoms with van der Waals surface area (Å²) >= 11 is 7.19. The van der Waals surface area contributed by atoms with E-state index in [1.54, 1.807) is 0 Å². The van der Waals surface area contributed by atoms with E-state index in [1.807, 2.05) is 0 Å². The van der Waals surface area contributed by atoms with Gasteiger partial charge in [0.2, 0.25) is 5.28 Å². The van der Waals surface area contributed by atoms with Crippen LogP contribution in [0.2, 0.25) is 5.28 Å². The maximum Gasteiger partial charge on any atom is 0.234 e. The van der Waals surface area contributed by atoms with Crippen LogP contribution in [0.3, 0.4) is 0 Å². The van der Waals surface area contributed by atoms with Crippen molar-refractivity contribution < 1.29 is 0 Å².